The van der Waals surface area contributed by atoms with Crippen molar-refractivity contribution < 1.29 is 37.3 Å². The van der Waals surface area contributed by atoms with Crippen molar-refractivity contribution in [3.63, 3.8) is 0 Å². The SMILES string of the molecule is CC(C)(Cc1cc(CC(=O)O)cc(OC(F)(F)F)c1)OC(=O)c1cn(CCCCc2ccc(N)nn2)nn1. The van der Waals surface area contributed by atoms with E-state index in [1.807, 2.05) is 0 Å². The zero-order valence-corrected chi connectivity index (χ0v) is 20.7. The third-order valence-corrected chi connectivity index (χ3v) is 5.17. The number of rotatable bonds is 12. The normalized spacial score (nSPS) is 11.8. The molecular formula is C24H27F3N6O5. The van der Waals surface area contributed by atoms with E-state index in [1.165, 1.54) is 16.9 Å². The molecule has 0 aliphatic carbocycles. The predicted octanol–water partition coefficient (Wildman–Crippen LogP) is 3.38. The number of alkyl halides is 3. The molecule has 14 heteroatoms. The van der Waals surface area contributed by atoms with Gasteiger partial charge in [-0.1, -0.05) is 11.3 Å². The highest BCUT2D eigenvalue weighted by atomic mass is 19.4. The lowest BCUT2D eigenvalue weighted by Crippen LogP contribution is -2.31. The Kier molecular flexibility index (Phi) is 8.86. The van der Waals surface area contributed by atoms with Crippen LogP contribution in [0.15, 0.2) is 36.5 Å². The zero-order valence-electron chi connectivity index (χ0n) is 20.7. The first-order chi connectivity index (χ1) is 17.8. The molecule has 0 unspecified atom stereocenters. The summed E-state index contributed by atoms with van der Waals surface area (Å²) in [6.07, 6.45) is -1.77. The minimum atomic E-state index is -4.95. The number of nitrogens with two attached hydrogens (primary N) is 1. The van der Waals surface area contributed by atoms with Gasteiger partial charge in [-0.15, -0.1) is 23.4 Å². The summed E-state index contributed by atoms with van der Waals surface area (Å²) < 4.78 is 49.2. The highest BCUT2D eigenvalue weighted by Gasteiger charge is 2.32. The van der Waals surface area contributed by atoms with Gasteiger partial charge in [-0.25, -0.2) is 4.79 Å². The van der Waals surface area contributed by atoms with Crippen LogP contribution in [0.2, 0.25) is 0 Å². The second kappa shape index (κ2) is 11.9. The fourth-order valence-electron chi connectivity index (χ4n) is 3.72. The highest BCUT2D eigenvalue weighted by molar-refractivity contribution is 5.87. The number of hydrogen-bond acceptors (Lipinski definition) is 9. The number of aliphatic carboxylic acids is 1. The van der Waals surface area contributed by atoms with Crippen molar-refractivity contribution >= 4 is 17.8 Å². The van der Waals surface area contributed by atoms with E-state index in [9.17, 15) is 22.8 Å². The molecule has 2 aromatic heterocycles. The van der Waals surface area contributed by atoms with Gasteiger partial charge in [0.1, 0.15) is 17.2 Å². The number of carboxylic acids is 1. The Hall–Kier alpha value is -4.23. The van der Waals surface area contributed by atoms with Crippen LogP contribution in [0.3, 0.4) is 0 Å². The lowest BCUT2D eigenvalue weighted by molar-refractivity contribution is -0.274. The van der Waals surface area contributed by atoms with E-state index in [4.69, 9.17) is 15.6 Å². The molecule has 0 fully saturated rings. The van der Waals surface area contributed by atoms with Crippen LogP contribution < -0.4 is 10.5 Å². The van der Waals surface area contributed by atoms with Crippen LogP contribution >= 0.6 is 0 Å². The van der Waals surface area contributed by atoms with Crippen molar-refractivity contribution in [2.75, 3.05) is 5.73 Å². The van der Waals surface area contributed by atoms with E-state index in [2.05, 4.69) is 25.2 Å². The van der Waals surface area contributed by atoms with E-state index in [0.29, 0.717) is 24.3 Å². The minimum absolute atomic E-state index is 0.0113. The Morgan fingerprint density at radius 3 is 2.45 bits per heavy atom. The molecule has 11 nitrogen and oxygen atoms in total. The number of carboxylic acid groups (broad SMARTS) is 1. The monoisotopic (exact) mass is 536 g/mol. The molecule has 2 heterocycles. The maximum Gasteiger partial charge on any atom is 0.573 e. The Bertz CT molecular complexity index is 1260. The van der Waals surface area contributed by atoms with Gasteiger partial charge in [0, 0.05) is 13.0 Å². The molecule has 0 radical (unpaired) electrons. The molecule has 0 aliphatic heterocycles. The largest absolute Gasteiger partial charge is 0.573 e. The van der Waals surface area contributed by atoms with Crippen LogP contribution in [0.4, 0.5) is 19.0 Å². The number of anilines is 1. The summed E-state index contributed by atoms with van der Waals surface area (Å²) >= 11 is 0. The number of nitrogen functional groups attached to an aromatic ring is 1. The van der Waals surface area contributed by atoms with Gasteiger partial charge in [-0.05, 0) is 68.5 Å². The average molecular weight is 537 g/mol. The van der Waals surface area contributed by atoms with Crippen molar-refractivity contribution in [2.45, 2.75) is 64.5 Å². The highest BCUT2D eigenvalue weighted by Crippen LogP contribution is 2.28. The van der Waals surface area contributed by atoms with Crippen molar-refractivity contribution in [1.29, 1.82) is 0 Å². The quantitative estimate of drug-likeness (QED) is 0.260. The number of benzene rings is 1. The molecule has 0 bridgehead atoms. The first-order valence-electron chi connectivity index (χ1n) is 11.6. The summed E-state index contributed by atoms with van der Waals surface area (Å²) in [5, 5.41) is 24.6. The molecule has 0 amide bonds. The summed E-state index contributed by atoms with van der Waals surface area (Å²) in [7, 11) is 0. The molecule has 0 spiro atoms. The van der Waals surface area contributed by atoms with Crippen LogP contribution in [0.5, 0.6) is 5.75 Å². The molecule has 0 atom stereocenters. The van der Waals surface area contributed by atoms with Gasteiger partial charge in [-0.3, -0.25) is 9.48 Å². The fraction of sp³-hybridized carbons (Fsp3) is 0.417. The number of nitrogens with zero attached hydrogens (tertiary/aromatic N) is 5. The predicted molar refractivity (Wildman–Crippen MR) is 127 cm³/mol. The van der Waals surface area contributed by atoms with Gasteiger partial charge in [-0.2, -0.15) is 5.10 Å². The van der Waals surface area contributed by atoms with Gasteiger partial charge in [0.2, 0.25) is 0 Å². The van der Waals surface area contributed by atoms with E-state index in [1.54, 1.807) is 26.0 Å². The Balaban J connectivity index is 1.58. The molecule has 3 N–H and O–H groups in total. The maximum absolute atomic E-state index is 12.7. The van der Waals surface area contributed by atoms with Gasteiger partial charge < -0.3 is 20.3 Å². The summed E-state index contributed by atoms with van der Waals surface area (Å²) in [5.41, 5.74) is 5.55. The second-order valence-electron chi connectivity index (χ2n) is 9.20. The Morgan fingerprint density at radius 2 is 1.79 bits per heavy atom. The van der Waals surface area contributed by atoms with Crippen molar-refractivity contribution in [1.82, 2.24) is 25.2 Å². The van der Waals surface area contributed by atoms with Crippen molar-refractivity contribution in [3.8, 4) is 5.75 Å². The number of aryl methyl sites for hydroxylation is 2. The van der Waals surface area contributed by atoms with E-state index < -0.39 is 36.1 Å². The average Bonchev–Trinajstić information content (AvgIpc) is 3.24. The number of unbranched alkanes of at least 4 members (excludes halogenated alkanes) is 1. The lowest BCUT2D eigenvalue weighted by Gasteiger charge is -2.25. The number of hydrogen-bond donors (Lipinski definition) is 2. The number of aromatic nitrogens is 5. The Labute approximate surface area is 215 Å². The van der Waals surface area contributed by atoms with Crippen LogP contribution in [0, 0.1) is 0 Å². The van der Waals surface area contributed by atoms with Crippen LogP contribution in [0.1, 0.15) is 54.0 Å². The third-order valence-electron chi connectivity index (χ3n) is 5.17. The van der Waals surface area contributed by atoms with Crippen LogP contribution in [-0.4, -0.2) is 54.2 Å². The zero-order chi connectivity index (χ0) is 27.9. The maximum atomic E-state index is 12.7. The second-order valence-corrected chi connectivity index (χ2v) is 9.20. The minimum Gasteiger partial charge on any atom is -0.481 e. The summed E-state index contributed by atoms with van der Waals surface area (Å²) in [6.45, 7) is 3.65. The number of carbonyl (C=O) groups is 2. The molecule has 0 saturated carbocycles. The standard InChI is InChI=1S/C24H27F3N6O5/c1-23(2,13-16-9-15(12-21(34)35)10-18(11-16)37-24(25,26)27)38-22(36)19-14-33(32-30-19)8-4-3-5-17-6-7-20(28)31-29-17/h6-7,9-11,14H,3-5,8,12-13H2,1-2H3,(H2,28,31)(H,34,35). The molecule has 0 aliphatic rings. The van der Waals surface area contributed by atoms with E-state index in [-0.39, 0.29) is 17.7 Å². The van der Waals surface area contributed by atoms with Crippen molar-refractivity contribution in [2.24, 2.45) is 0 Å². The molecule has 0 saturated heterocycles. The third kappa shape index (κ3) is 9.33. The van der Waals surface area contributed by atoms with Crippen LogP contribution in [-0.2, 0) is 35.3 Å². The number of carbonyl (C=O) groups excluding carboxylic acids is 1. The fourth-order valence-corrected chi connectivity index (χ4v) is 3.72. The summed E-state index contributed by atoms with van der Waals surface area (Å²) in [4.78, 5) is 23.7. The molecular weight excluding hydrogens is 509 g/mol. The van der Waals surface area contributed by atoms with Gasteiger partial charge in [0.15, 0.2) is 5.69 Å². The van der Waals surface area contributed by atoms with Gasteiger partial charge >= 0.3 is 18.3 Å². The Morgan fingerprint density at radius 1 is 1.05 bits per heavy atom. The van der Waals surface area contributed by atoms with Gasteiger partial charge in [0.25, 0.3) is 0 Å². The molecule has 3 aromatic rings. The topological polar surface area (TPSA) is 155 Å². The molecule has 1 aromatic carbocycles. The van der Waals surface area contributed by atoms with Crippen LogP contribution in [0.25, 0.3) is 0 Å². The number of ether oxygens (including phenoxy) is 2. The van der Waals surface area contributed by atoms with Crippen molar-refractivity contribution in [3.05, 3.63) is 59.0 Å². The lowest BCUT2D eigenvalue weighted by atomic mass is 9.96. The number of esters is 1. The molecule has 204 valence electrons. The number of halogens is 3. The molecule has 3 rings (SSSR count). The summed E-state index contributed by atoms with van der Waals surface area (Å²) in [6, 6.07) is 7.05. The first-order valence-corrected chi connectivity index (χ1v) is 11.6. The van der Waals surface area contributed by atoms with Gasteiger partial charge in [0.05, 0.1) is 18.3 Å². The van der Waals surface area contributed by atoms with E-state index >= 15 is 0 Å². The summed E-state index contributed by atoms with van der Waals surface area (Å²) in [5.74, 6) is -2.18. The first kappa shape index (κ1) is 28.3. The smallest absolute Gasteiger partial charge is 0.481 e. The van der Waals surface area contributed by atoms with E-state index in [0.717, 1.165) is 30.7 Å². The molecule has 38 heavy (non-hydrogen) atoms.